The molecule has 29 heavy (non-hydrogen) atoms. The van der Waals surface area contributed by atoms with Crippen LogP contribution in [0.15, 0.2) is 9.79 Å². The summed E-state index contributed by atoms with van der Waals surface area (Å²) in [5.41, 5.74) is 0.0440. The van der Waals surface area contributed by atoms with Gasteiger partial charge in [-0.3, -0.25) is 9.56 Å². The number of halogens is 1. The minimum atomic E-state index is 0. The van der Waals surface area contributed by atoms with E-state index in [-0.39, 0.29) is 29.7 Å². The SMILES string of the molecule is CCCN1CCC(NC(=NCCCn2nc3n(c2=O)CCCC3)NCC)CC1.I. The van der Waals surface area contributed by atoms with Gasteiger partial charge in [0, 0.05) is 51.7 Å². The molecule has 0 aromatic carbocycles. The highest BCUT2D eigenvalue weighted by Gasteiger charge is 2.19. The zero-order valence-electron chi connectivity index (χ0n) is 18.0. The van der Waals surface area contributed by atoms with Crippen LogP contribution in [0.5, 0.6) is 0 Å². The van der Waals surface area contributed by atoms with Crippen LogP contribution >= 0.6 is 24.0 Å². The van der Waals surface area contributed by atoms with Gasteiger partial charge in [0.2, 0.25) is 0 Å². The Balaban J connectivity index is 0.00000300. The summed E-state index contributed by atoms with van der Waals surface area (Å²) >= 11 is 0. The number of nitrogens with one attached hydrogen (secondary N) is 2. The van der Waals surface area contributed by atoms with Gasteiger partial charge in [-0.15, -0.1) is 24.0 Å². The predicted molar refractivity (Wildman–Crippen MR) is 128 cm³/mol. The zero-order valence-corrected chi connectivity index (χ0v) is 20.4. The third-order valence-electron chi connectivity index (χ3n) is 5.64. The highest BCUT2D eigenvalue weighted by Crippen LogP contribution is 2.11. The fraction of sp³-hybridized carbons (Fsp3) is 0.850. The van der Waals surface area contributed by atoms with E-state index in [0.717, 1.165) is 50.6 Å². The van der Waals surface area contributed by atoms with E-state index in [1.165, 1.54) is 38.9 Å². The van der Waals surface area contributed by atoms with Crippen molar-refractivity contribution in [3.05, 3.63) is 16.3 Å². The van der Waals surface area contributed by atoms with Gasteiger partial charge in [-0.2, -0.15) is 5.10 Å². The molecule has 2 aliphatic heterocycles. The molecular formula is C20H38IN7O. The second kappa shape index (κ2) is 12.6. The Morgan fingerprint density at radius 2 is 1.97 bits per heavy atom. The molecule has 1 saturated heterocycles. The molecule has 0 unspecified atom stereocenters. The van der Waals surface area contributed by atoms with Gasteiger partial charge >= 0.3 is 5.69 Å². The van der Waals surface area contributed by atoms with Crippen LogP contribution < -0.4 is 16.3 Å². The lowest BCUT2D eigenvalue weighted by atomic mass is 10.1. The first-order valence-corrected chi connectivity index (χ1v) is 11.1. The standard InChI is InChI=1S/C20H37N7O.HI/c1-3-12-25-15-9-17(10-16-25)23-19(21-4-2)22-11-7-14-27-20(28)26-13-6-5-8-18(26)24-27;/h17H,3-16H2,1-2H3,(H2,21,22,23);1H. The monoisotopic (exact) mass is 519 g/mol. The Hall–Kier alpha value is -1.10. The summed E-state index contributed by atoms with van der Waals surface area (Å²) in [6, 6.07) is 0.494. The van der Waals surface area contributed by atoms with Gasteiger partial charge < -0.3 is 15.5 Å². The fourth-order valence-corrected chi connectivity index (χ4v) is 4.14. The maximum absolute atomic E-state index is 12.4. The molecule has 0 aliphatic carbocycles. The molecule has 3 rings (SSSR count). The summed E-state index contributed by atoms with van der Waals surface area (Å²) in [7, 11) is 0. The van der Waals surface area contributed by atoms with Gasteiger partial charge in [-0.05, 0) is 52.0 Å². The first-order chi connectivity index (χ1) is 13.7. The fourth-order valence-electron chi connectivity index (χ4n) is 4.14. The van der Waals surface area contributed by atoms with Crippen molar-refractivity contribution < 1.29 is 0 Å². The average molecular weight is 519 g/mol. The van der Waals surface area contributed by atoms with Gasteiger partial charge in [0.05, 0.1) is 0 Å². The van der Waals surface area contributed by atoms with Gasteiger partial charge in [0.1, 0.15) is 5.82 Å². The number of aliphatic imine (C=N–C) groups is 1. The second-order valence-corrected chi connectivity index (χ2v) is 7.91. The van der Waals surface area contributed by atoms with E-state index in [4.69, 9.17) is 4.99 Å². The number of aryl methyl sites for hydroxylation is 2. The third kappa shape index (κ3) is 6.97. The van der Waals surface area contributed by atoms with Crippen LogP contribution in [0.2, 0.25) is 0 Å². The van der Waals surface area contributed by atoms with Crippen LogP contribution in [-0.4, -0.2) is 64.0 Å². The van der Waals surface area contributed by atoms with Crippen molar-refractivity contribution in [2.75, 3.05) is 32.7 Å². The van der Waals surface area contributed by atoms with Crippen LogP contribution in [0.1, 0.15) is 58.2 Å². The van der Waals surface area contributed by atoms with Crippen LogP contribution in [0, 0.1) is 0 Å². The van der Waals surface area contributed by atoms with Crippen molar-refractivity contribution >= 4 is 29.9 Å². The predicted octanol–water partition coefficient (Wildman–Crippen LogP) is 1.82. The summed E-state index contributed by atoms with van der Waals surface area (Å²) < 4.78 is 3.46. The Morgan fingerprint density at radius 3 is 2.66 bits per heavy atom. The Bertz CT molecular complexity index is 691. The summed E-state index contributed by atoms with van der Waals surface area (Å²) in [5, 5.41) is 11.4. The van der Waals surface area contributed by atoms with Crippen molar-refractivity contribution in [1.82, 2.24) is 29.9 Å². The molecule has 0 bridgehead atoms. The molecule has 9 heteroatoms. The van der Waals surface area contributed by atoms with Gasteiger partial charge in [-0.1, -0.05) is 6.92 Å². The van der Waals surface area contributed by atoms with E-state index in [1.54, 1.807) is 4.68 Å². The number of hydrogen-bond acceptors (Lipinski definition) is 4. The Labute approximate surface area is 191 Å². The molecule has 1 fully saturated rings. The van der Waals surface area contributed by atoms with E-state index in [1.807, 2.05) is 4.57 Å². The van der Waals surface area contributed by atoms with E-state index < -0.39 is 0 Å². The largest absolute Gasteiger partial charge is 0.357 e. The molecule has 166 valence electrons. The molecule has 0 radical (unpaired) electrons. The summed E-state index contributed by atoms with van der Waals surface area (Å²) in [4.78, 5) is 19.6. The number of fused-ring (bicyclic) bond motifs is 1. The molecule has 8 nitrogen and oxygen atoms in total. The van der Waals surface area contributed by atoms with Crippen LogP contribution in [0.3, 0.4) is 0 Å². The Morgan fingerprint density at radius 1 is 1.17 bits per heavy atom. The molecule has 1 aromatic heterocycles. The van der Waals surface area contributed by atoms with Crippen molar-refractivity contribution in [1.29, 1.82) is 0 Å². The van der Waals surface area contributed by atoms with Gasteiger partial charge in [0.25, 0.3) is 0 Å². The number of likely N-dealkylation sites (tertiary alicyclic amines) is 1. The third-order valence-corrected chi connectivity index (χ3v) is 5.64. The summed E-state index contributed by atoms with van der Waals surface area (Å²) in [6.45, 7) is 10.9. The van der Waals surface area contributed by atoms with Gasteiger partial charge in [-0.25, -0.2) is 9.48 Å². The smallest absolute Gasteiger partial charge is 0.345 e. The molecule has 0 spiro atoms. The second-order valence-electron chi connectivity index (χ2n) is 7.91. The highest BCUT2D eigenvalue weighted by atomic mass is 127. The molecule has 3 heterocycles. The maximum Gasteiger partial charge on any atom is 0.345 e. The minimum Gasteiger partial charge on any atom is -0.357 e. The quantitative estimate of drug-likeness (QED) is 0.237. The molecule has 0 amide bonds. The number of hydrogen-bond donors (Lipinski definition) is 2. The van der Waals surface area contributed by atoms with E-state index in [0.29, 0.717) is 19.1 Å². The maximum atomic E-state index is 12.4. The first-order valence-electron chi connectivity index (χ1n) is 11.1. The number of rotatable bonds is 8. The first kappa shape index (κ1) is 24.2. The highest BCUT2D eigenvalue weighted by molar-refractivity contribution is 14.0. The van der Waals surface area contributed by atoms with Crippen molar-refractivity contribution in [2.45, 2.75) is 77.9 Å². The van der Waals surface area contributed by atoms with Crippen LogP contribution in [0.25, 0.3) is 0 Å². The molecule has 0 atom stereocenters. The van der Waals surface area contributed by atoms with Crippen molar-refractivity contribution in [3.8, 4) is 0 Å². The average Bonchev–Trinajstić information content (AvgIpc) is 3.03. The molecule has 2 aliphatic rings. The number of aromatic nitrogens is 3. The molecule has 1 aromatic rings. The Kier molecular flexibility index (Phi) is 10.5. The summed E-state index contributed by atoms with van der Waals surface area (Å²) in [6.07, 6.45) is 7.52. The topological polar surface area (TPSA) is 79.5 Å². The van der Waals surface area contributed by atoms with E-state index in [9.17, 15) is 4.79 Å². The lowest BCUT2D eigenvalue weighted by molar-refractivity contribution is 0.206. The molecule has 0 saturated carbocycles. The van der Waals surface area contributed by atoms with Crippen molar-refractivity contribution in [2.24, 2.45) is 4.99 Å². The van der Waals surface area contributed by atoms with Crippen LogP contribution in [-0.2, 0) is 19.5 Å². The van der Waals surface area contributed by atoms with Crippen molar-refractivity contribution in [3.63, 3.8) is 0 Å². The number of guanidine groups is 1. The van der Waals surface area contributed by atoms with E-state index >= 15 is 0 Å². The lowest BCUT2D eigenvalue weighted by Gasteiger charge is -2.32. The molecule has 2 N–H and O–H groups in total. The normalized spacial score (nSPS) is 18.2. The molecular weight excluding hydrogens is 481 g/mol. The zero-order chi connectivity index (χ0) is 19.8. The number of nitrogens with zero attached hydrogens (tertiary/aromatic N) is 5. The van der Waals surface area contributed by atoms with E-state index in [2.05, 4.69) is 34.5 Å². The van der Waals surface area contributed by atoms with Gasteiger partial charge in [0.15, 0.2) is 5.96 Å². The number of piperidine rings is 1. The van der Waals surface area contributed by atoms with Crippen LogP contribution in [0.4, 0.5) is 0 Å². The lowest BCUT2D eigenvalue weighted by Crippen LogP contribution is -2.48. The minimum absolute atomic E-state index is 0. The summed E-state index contributed by atoms with van der Waals surface area (Å²) in [5.74, 6) is 1.84.